The minimum Gasteiger partial charge on any atom is -0.507 e. The number of benzene rings is 3. The number of para-hydroxylation sites is 2. The van der Waals surface area contributed by atoms with E-state index in [1.165, 1.54) is 0 Å². The largest absolute Gasteiger partial charge is 0.507 e. The smallest absolute Gasteiger partial charge is 0.259 e. The Morgan fingerprint density at radius 1 is 0.639 bits per heavy atom. The molecule has 0 aliphatic heterocycles. The number of carbonyl (C=O) groups excluding carboxylic acids is 2. The minimum absolute atomic E-state index is 0.0503. The predicted molar refractivity (Wildman–Crippen MR) is 145 cm³/mol. The molecule has 0 unspecified atom stereocenters. The van der Waals surface area contributed by atoms with E-state index in [0.29, 0.717) is 11.4 Å². The number of nitrogens with one attached hydrogen (secondary N) is 2. The van der Waals surface area contributed by atoms with Gasteiger partial charge in [0.15, 0.2) is 0 Å². The summed E-state index contributed by atoms with van der Waals surface area (Å²) < 4.78 is 0. The molecule has 0 aromatic heterocycles. The van der Waals surface area contributed by atoms with Gasteiger partial charge in [-0.15, -0.1) is 0 Å². The second-order valence-electron chi connectivity index (χ2n) is 11.6. The Labute approximate surface area is 213 Å². The molecular formula is C30H36N2O4. The molecule has 6 heteroatoms. The van der Waals surface area contributed by atoms with Gasteiger partial charge in [0.2, 0.25) is 0 Å². The molecule has 0 atom stereocenters. The third kappa shape index (κ3) is 7.35. The first kappa shape index (κ1) is 26.8. The van der Waals surface area contributed by atoms with Crippen molar-refractivity contribution in [1.29, 1.82) is 0 Å². The van der Waals surface area contributed by atoms with E-state index in [4.69, 9.17) is 0 Å². The fraction of sp³-hybridized carbons (Fsp3) is 0.333. The zero-order valence-electron chi connectivity index (χ0n) is 21.9. The Morgan fingerprint density at radius 3 is 1.31 bits per heavy atom. The van der Waals surface area contributed by atoms with E-state index >= 15 is 0 Å². The van der Waals surface area contributed by atoms with Crippen molar-refractivity contribution >= 4 is 23.2 Å². The van der Waals surface area contributed by atoms with Crippen molar-refractivity contribution in [3.8, 4) is 11.5 Å². The SMILES string of the molecule is CC(C)(C)Cc1ccc(C(=O)Nc2ccccc2NC(=O)c2ccc(CC(C)(C)C)cc2O)c(O)c1. The molecule has 3 rings (SSSR count). The third-order valence-corrected chi connectivity index (χ3v) is 5.51. The van der Waals surface area contributed by atoms with Crippen LogP contribution < -0.4 is 10.6 Å². The monoisotopic (exact) mass is 488 g/mol. The van der Waals surface area contributed by atoms with Crippen LogP contribution in [-0.4, -0.2) is 22.0 Å². The summed E-state index contributed by atoms with van der Waals surface area (Å²) in [6, 6.07) is 16.9. The average molecular weight is 489 g/mol. The van der Waals surface area contributed by atoms with E-state index in [2.05, 4.69) is 52.2 Å². The first-order chi connectivity index (χ1) is 16.7. The van der Waals surface area contributed by atoms with E-state index in [1.807, 2.05) is 12.1 Å². The maximum absolute atomic E-state index is 12.9. The van der Waals surface area contributed by atoms with Gasteiger partial charge in [-0.2, -0.15) is 0 Å². The summed E-state index contributed by atoms with van der Waals surface area (Å²) in [6.07, 6.45) is 1.53. The van der Waals surface area contributed by atoms with E-state index in [9.17, 15) is 19.8 Å². The predicted octanol–water partition coefficient (Wildman–Crippen LogP) is 6.78. The lowest BCUT2D eigenvalue weighted by atomic mass is 9.88. The molecule has 0 bridgehead atoms. The lowest BCUT2D eigenvalue weighted by Gasteiger charge is -2.19. The van der Waals surface area contributed by atoms with Crippen LogP contribution in [0.1, 0.15) is 73.4 Å². The zero-order chi connectivity index (χ0) is 26.7. The summed E-state index contributed by atoms with van der Waals surface area (Å²) in [5, 5.41) is 26.5. The van der Waals surface area contributed by atoms with Crippen LogP contribution in [0.4, 0.5) is 11.4 Å². The van der Waals surface area contributed by atoms with Crippen molar-refractivity contribution in [2.24, 2.45) is 10.8 Å². The van der Waals surface area contributed by atoms with Crippen molar-refractivity contribution in [2.75, 3.05) is 10.6 Å². The topological polar surface area (TPSA) is 98.7 Å². The molecule has 0 aliphatic rings. The Balaban J connectivity index is 1.76. The van der Waals surface area contributed by atoms with E-state index in [0.717, 1.165) is 24.0 Å². The molecule has 0 saturated heterocycles. The molecule has 0 aliphatic carbocycles. The van der Waals surface area contributed by atoms with Crippen LogP contribution >= 0.6 is 0 Å². The maximum atomic E-state index is 12.9. The first-order valence-corrected chi connectivity index (χ1v) is 12.1. The van der Waals surface area contributed by atoms with Gasteiger partial charge in [-0.1, -0.05) is 65.8 Å². The maximum Gasteiger partial charge on any atom is 0.259 e. The Morgan fingerprint density at radius 2 is 1.00 bits per heavy atom. The van der Waals surface area contributed by atoms with Crippen LogP contribution in [0, 0.1) is 10.8 Å². The van der Waals surface area contributed by atoms with Crippen molar-refractivity contribution in [3.05, 3.63) is 82.9 Å². The fourth-order valence-electron chi connectivity index (χ4n) is 4.06. The summed E-state index contributed by atoms with van der Waals surface area (Å²) in [7, 11) is 0. The summed E-state index contributed by atoms with van der Waals surface area (Å²) in [5.41, 5.74) is 3.01. The van der Waals surface area contributed by atoms with Crippen LogP contribution in [0.3, 0.4) is 0 Å². The average Bonchev–Trinajstić information content (AvgIpc) is 2.72. The highest BCUT2D eigenvalue weighted by molar-refractivity contribution is 6.11. The molecule has 0 radical (unpaired) electrons. The molecule has 4 N–H and O–H groups in total. The number of hydrogen-bond acceptors (Lipinski definition) is 4. The van der Waals surface area contributed by atoms with Crippen molar-refractivity contribution in [1.82, 2.24) is 0 Å². The number of rotatable bonds is 6. The second-order valence-corrected chi connectivity index (χ2v) is 11.6. The van der Waals surface area contributed by atoms with Gasteiger partial charge < -0.3 is 20.8 Å². The Kier molecular flexibility index (Phi) is 7.77. The molecular weight excluding hydrogens is 452 g/mol. The number of aromatic hydroxyl groups is 2. The minimum atomic E-state index is -0.495. The number of phenols is 2. The van der Waals surface area contributed by atoms with Gasteiger partial charge in [-0.05, 0) is 71.2 Å². The molecule has 3 aromatic carbocycles. The lowest BCUT2D eigenvalue weighted by Crippen LogP contribution is -2.17. The molecule has 190 valence electrons. The summed E-state index contributed by atoms with van der Waals surface area (Å²) in [4.78, 5) is 25.8. The number of hydrogen-bond donors (Lipinski definition) is 4. The Bertz CT molecular complexity index is 1170. The summed E-state index contributed by atoms with van der Waals surface area (Å²) in [5.74, 6) is -1.19. The molecule has 0 spiro atoms. The van der Waals surface area contributed by atoms with Gasteiger partial charge in [0, 0.05) is 0 Å². The fourth-order valence-corrected chi connectivity index (χ4v) is 4.06. The lowest BCUT2D eigenvalue weighted by molar-refractivity contribution is 0.101. The van der Waals surface area contributed by atoms with Crippen molar-refractivity contribution < 1.29 is 19.8 Å². The quantitative estimate of drug-likeness (QED) is 0.307. The Hall–Kier alpha value is -3.80. The van der Waals surface area contributed by atoms with Gasteiger partial charge in [0.05, 0.1) is 22.5 Å². The zero-order valence-corrected chi connectivity index (χ0v) is 21.9. The van der Waals surface area contributed by atoms with Gasteiger partial charge in [0.1, 0.15) is 11.5 Å². The number of anilines is 2. The van der Waals surface area contributed by atoms with Crippen LogP contribution in [0.5, 0.6) is 11.5 Å². The first-order valence-electron chi connectivity index (χ1n) is 12.1. The number of amides is 2. The van der Waals surface area contributed by atoms with E-state index in [1.54, 1.807) is 48.5 Å². The summed E-state index contributed by atoms with van der Waals surface area (Å²) in [6.45, 7) is 12.6. The molecule has 36 heavy (non-hydrogen) atoms. The number of carbonyl (C=O) groups is 2. The highest BCUT2D eigenvalue weighted by Gasteiger charge is 2.19. The molecule has 0 saturated carbocycles. The second kappa shape index (κ2) is 10.4. The summed E-state index contributed by atoms with van der Waals surface area (Å²) >= 11 is 0. The van der Waals surface area contributed by atoms with Crippen LogP contribution in [-0.2, 0) is 12.8 Å². The number of phenolic OH excluding ortho intramolecular Hbond substituents is 2. The highest BCUT2D eigenvalue weighted by atomic mass is 16.3. The van der Waals surface area contributed by atoms with Crippen molar-refractivity contribution in [3.63, 3.8) is 0 Å². The van der Waals surface area contributed by atoms with E-state index in [-0.39, 0.29) is 33.5 Å². The van der Waals surface area contributed by atoms with Gasteiger partial charge in [-0.25, -0.2) is 0 Å². The molecule has 0 fully saturated rings. The highest BCUT2D eigenvalue weighted by Crippen LogP contribution is 2.29. The van der Waals surface area contributed by atoms with Crippen LogP contribution in [0.25, 0.3) is 0 Å². The van der Waals surface area contributed by atoms with Gasteiger partial charge in [-0.3, -0.25) is 9.59 Å². The molecule has 6 nitrogen and oxygen atoms in total. The van der Waals surface area contributed by atoms with Gasteiger partial charge in [0.25, 0.3) is 11.8 Å². The molecule has 3 aromatic rings. The molecule has 0 heterocycles. The molecule has 2 amide bonds. The standard InChI is InChI=1S/C30H36N2O4/c1-29(2,3)17-19-11-13-21(25(33)15-19)27(35)31-23-9-7-8-10-24(23)32-28(36)22-14-12-20(16-26(22)34)18-30(4,5)6/h7-16,33-34H,17-18H2,1-6H3,(H,31,35)(H,32,36). The van der Waals surface area contributed by atoms with Crippen molar-refractivity contribution in [2.45, 2.75) is 54.4 Å². The normalized spacial score (nSPS) is 11.7. The third-order valence-electron chi connectivity index (χ3n) is 5.51. The van der Waals surface area contributed by atoms with Crippen LogP contribution in [0.15, 0.2) is 60.7 Å². The van der Waals surface area contributed by atoms with Crippen LogP contribution in [0.2, 0.25) is 0 Å². The van der Waals surface area contributed by atoms with Gasteiger partial charge >= 0.3 is 0 Å². The van der Waals surface area contributed by atoms with E-state index < -0.39 is 11.8 Å².